The topological polar surface area (TPSA) is 85.9 Å². The molecule has 1 atom stereocenters. The Morgan fingerprint density at radius 2 is 1.51 bits per heavy atom. The minimum Gasteiger partial charge on any atom is -0.490 e. The lowest BCUT2D eigenvalue weighted by atomic mass is 9.95. The molecule has 0 bridgehead atoms. The number of carbonyl (C=O) groups excluding carboxylic acids is 2. The Morgan fingerprint density at radius 3 is 2.17 bits per heavy atom. The van der Waals surface area contributed by atoms with Crippen LogP contribution in [-0.4, -0.2) is 18.6 Å². The van der Waals surface area contributed by atoms with Gasteiger partial charge in [-0.3, -0.25) is 0 Å². The average molecular weight is 473 g/mol. The van der Waals surface area contributed by atoms with Crippen LogP contribution in [0.5, 0.6) is 11.5 Å². The second-order valence-corrected chi connectivity index (χ2v) is 8.05. The molecule has 1 aliphatic rings. The van der Waals surface area contributed by atoms with Crippen LogP contribution < -0.4 is 20.1 Å². The first-order valence-corrected chi connectivity index (χ1v) is 11.5. The summed E-state index contributed by atoms with van der Waals surface area (Å²) in [6, 6.07) is 23.6. The maximum atomic E-state index is 13.1. The van der Waals surface area contributed by atoms with Gasteiger partial charge in [0.05, 0.1) is 18.2 Å². The van der Waals surface area contributed by atoms with Crippen molar-refractivity contribution in [1.29, 1.82) is 0 Å². The molecule has 3 aromatic rings. The van der Waals surface area contributed by atoms with Crippen molar-refractivity contribution in [3.05, 3.63) is 107 Å². The van der Waals surface area contributed by atoms with Gasteiger partial charge >= 0.3 is 12.0 Å². The van der Waals surface area contributed by atoms with Gasteiger partial charge in [-0.25, -0.2) is 9.59 Å². The molecule has 1 unspecified atom stereocenters. The van der Waals surface area contributed by atoms with E-state index in [2.05, 4.69) is 10.6 Å². The molecule has 0 spiro atoms. The summed E-state index contributed by atoms with van der Waals surface area (Å²) in [6.45, 7) is 4.53. The number of amides is 2. The first-order valence-electron chi connectivity index (χ1n) is 11.5. The molecule has 0 radical (unpaired) electrons. The van der Waals surface area contributed by atoms with Gasteiger partial charge in [0.15, 0.2) is 11.5 Å². The molecule has 1 aliphatic heterocycles. The molecule has 7 nitrogen and oxygen atoms in total. The summed E-state index contributed by atoms with van der Waals surface area (Å²) in [4.78, 5) is 25.4. The first kappa shape index (κ1) is 23.9. The van der Waals surface area contributed by atoms with E-state index in [1.54, 1.807) is 19.1 Å². The molecule has 3 aromatic carbocycles. The van der Waals surface area contributed by atoms with Gasteiger partial charge in [-0.05, 0) is 42.7 Å². The van der Waals surface area contributed by atoms with E-state index >= 15 is 0 Å². The average Bonchev–Trinajstić information content (AvgIpc) is 2.87. The fourth-order valence-corrected chi connectivity index (χ4v) is 3.84. The van der Waals surface area contributed by atoms with Crippen LogP contribution in [0.1, 0.15) is 36.6 Å². The standard InChI is InChI=1S/C28H28N2O5/c1-3-33-24-16-22(14-15-23(24)34-17-20-10-6-4-7-11-20)26-25(19(2)29-28(32)30-26)27(31)35-18-21-12-8-5-9-13-21/h4-16,26H,3,17-18H2,1-2H3,(H2,29,30,32). The Kier molecular flexibility index (Phi) is 7.67. The molecule has 4 rings (SSSR count). The number of carbonyl (C=O) groups is 2. The molecule has 0 saturated heterocycles. The second kappa shape index (κ2) is 11.2. The maximum absolute atomic E-state index is 13.1. The van der Waals surface area contributed by atoms with Gasteiger partial charge in [-0.15, -0.1) is 0 Å². The highest BCUT2D eigenvalue weighted by atomic mass is 16.5. The number of allylic oxidation sites excluding steroid dienone is 1. The summed E-state index contributed by atoms with van der Waals surface area (Å²) in [6.07, 6.45) is 0. The van der Waals surface area contributed by atoms with Crippen LogP contribution >= 0.6 is 0 Å². The molecular formula is C28H28N2O5. The van der Waals surface area contributed by atoms with Crippen LogP contribution in [0.25, 0.3) is 0 Å². The van der Waals surface area contributed by atoms with E-state index in [1.807, 2.05) is 73.7 Å². The highest BCUT2D eigenvalue weighted by molar-refractivity contribution is 5.95. The van der Waals surface area contributed by atoms with Crippen molar-refractivity contribution in [1.82, 2.24) is 10.6 Å². The van der Waals surface area contributed by atoms with Crippen LogP contribution in [0, 0.1) is 0 Å². The van der Waals surface area contributed by atoms with Crippen LogP contribution in [0.3, 0.4) is 0 Å². The summed E-state index contributed by atoms with van der Waals surface area (Å²) in [5.74, 6) is 0.600. The summed E-state index contributed by atoms with van der Waals surface area (Å²) in [5, 5.41) is 5.50. The lowest BCUT2D eigenvalue weighted by Crippen LogP contribution is -2.45. The molecule has 2 amide bonds. The normalized spacial score (nSPS) is 15.1. The van der Waals surface area contributed by atoms with E-state index in [0.717, 1.165) is 11.1 Å². The Balaban J connectivity index is 1.57. The minimum atomic E-state index is -0.700. The predicted molar refractivity (Wildman–Crippen MR) is 132 cm³/mol. The van der Waals surface area contributed by atoms with Crippen LogP contribution in [0.2, 0.25) is 0 Å². The highest BCUT2D eigenvalue weighted by Gasteiger charge is 2.33. The number of benzene rings is 3. The van der Waals surface area contributed by atoms with Crippen molar-refractivity contribution in [3.8, 4) is 11.5 Å². The first-order chi connectivity index (χ1) is 17.0. The van der Waals surface area contributed by atoms with Crippen molar-refractivity contribution in [2.24, 2.45) is 0 Å². The van der Waals surface area contributed by atoms with Crippen molar-refractivity contribution in [2.45, 2.75) is 33.1 Å². The SMILES string of the molecule is CCOc1cc(C2NC(=O)NC(C)=C2C(=O)OCc2ccccc2)ccc1OCc1ccccc1. The third-order valence-corrected chi connectivity index (χ3v) is 5.54. The Morgan fingerprint density at radius 1 is 0.857 bits per heavy atom. The van der Waals surface area contributed by atoms with E-state index < -0.39 is 18.0 Å². The molecule has 1 heterocycles. The summed E-state index contributed by atoms with van der Waals surface area (Å²) in [7, 11) is 0. The van der Waals surface area contributed by atoms with Crippen molar-refractivity contribution in [2.75, 3.05) is 6.61 Å². The zero-order valence-corrected chi connectivity index (χ0v) is 19.7. The number of nitrogens with one attached hydrogen (secondary N) is 2. The molecule has 0 saturated carbocycles. The third kappa shape index (κ3) is 6.00. The van der Waals surface area contributed by atoms with Crippen molar-refractivity contribution < 1.29 is 23.8 Å². The molecule has 35 heavy (non-hydrogen) atoms. The summed E-state index contributed by atoms with van der Waals surface area (Å²) < 4.78 is 17.4. The smallest absolute Gasteiger partial charge is 0.338 e. The van der Waals surface area contributed by atoms with Crippen molar-refractivity contribution >= 4 is 12.0 Å². The lowest BCUT2D eigenvalue weighted by Gasteiger charge is -2.28. The van der Waals surface area contributed by atoms with E-state index in [1.165, 1.54) is 0 Å². The number of urea groups is 1. The predicted octanol–water partition coefficient (Wildman–Crippen LogP) is 5.04. The Bertz CT molecular complexity index is 1210. The van der Waals surface area contributed by atoms with Gasteiger partial charge in [0.1, 0.15) is 13.2 Å². The van der Waals surface area contributed by atoms with E-state index in [-0.39, 0.29) is 6.61 Å². The van der Waals surface area contributed by atoms with Crippen LogP contribution in [-0.2, 0) is 22.7 Å². The van der Waals surface area contributed by atoms with Crippen LogP contribution in [0.4, 0.5) is 4.79 Å². The third-order valence-electron chi connectivity index (χ3n) is 5.54. The van der Waals surface area contributed by atoms with Gasteiger partial charge in [0.25, 0.3) is 0 Å². The number of hydrogen-bond acceptors (Lipinski definition) is 5. The van der Waals surface area contributed by atoms with Gasteiger partial charge < -0.3 is 24.8 Å². The van der Waals surface area contributed by atoms with Gasteiger partial charge in [-0.1, -0.05) is 66.7 Å². The molecule has 180 valence electrons. The van der Waals surface area contributed by atoms with E-state index in [4.69, 9.17) is 14.2 Å². The molecule has 2 N–H and O–H groups in total. The summed E-state index contributed by atoms with van der Waals surface area (Å²) >= 11 is 0. The zero-order chi connectivity index (χ0) is 24.6. The van der Waals surface area contributed by atoms with E-state index in [9.17, 15) is 9.59 Å². The Labute approximate surface area is 204 Å². The van der Waals surface area contributed by atoms with E-state index in [0.29, 0.717) is 41.5 Å². The number of hydrogen-bond donors (Lipinski definition) is 2. The minimum absolute atomic E-state index is 0.133. The van der Waals surface area contributed by atoms with Crippen LogP contribution in [0.15, 0.2) is 90.1 Å². The quantitative estimate of drug-likeness (QED) is 0.427. The Hall–Kier alpha value is -4.26. The number of rotatable bonds is 9. The zero-order valence-electron chi connectivity index (χ0n) is 19.7. The monoisotopic (exact) mass is 472 g/mol. The van der Waals surface area contributed by atoms with Gasteiger partial charge in [-0.2, -0.15) is 0 Å². The molecular weight excluding hydrogens is 444 g/mol. The summed E-state index contributed by atoms with van der Waals surface area (Å²) in [5.41, 5.74) is 3.37. The molecule has 0 aromatic heterocycles. The lowest BCUT2D eigenvalue weighted by molar-refractivity contribution is -0.140. The van der Waals surface area contributed by atoms with Gasteiger partial charge in [0.2, 0.25) is 0 Å². The molecule has 0 aliphatic carbocycles. The molecule has 0 fully saturated rings. The highest BCUT2D eigenvalue weighted by Crippen LogP contribution is 2.35. The largest absolute Gasteiger partial charge is 0.490 e. The second-order valence-electron chi connectivity index (χ2n) is 8.05. The fourth-order valence-electron chi connectivity index (χ4n) is 3.84. The number of esters is 1. The van der Waals surface area contributed by atoms with Gasteiger partial charge in [0, 0.05) is 5.70 Å². The number of ether oxygens (including phenoxy) is 3. The molecule has 7 heteroatoms. The fraction of sp³-hybridized carbons (Fsp3) is 0.214. The van der Waals surface area contributed by atoms with Crippen molar-refractivity contribution in [3.63, 3.8) is 0 Å². The maximum Gasteiger partial charge on any atom is 0.338 e.